The highest BCUT2D eigenvalue weighted by Gasteiger charge is 2.45. The fourth-order valence-electron chi connectivity index (χ4n) is 7.42. The smallest absolute Gasteiger partial charge is 0.280 e. The Morgan fingerprint density at radius 1 is 1.07 bits per heavy atom. The number of nitrogens with zero attached hydrogens (tertiary/aromatic N) is 6. The predicted octanol–water partition coefficient (Wildman–Crippen LogP) is 4.37. The number of halogens is 2. The third kappa shape index (κ3) is 6.89. The summed E-state index contributed by atoms with van der Waals surface area (Å²) in [5.74, 6) is 0.617. The maximum absolute atomic E-state index is 14.5. The number of allylic oxidation sites excluding steroid dienone is 1. The first kappa shape index (κ1) is 32.6. The van der Waals surface area contributed by atoms with Gasteiger partial charge in [-0.15, -0.1) is 0 Å². The maximum atomic E-state index is 14.5. The number of anilines is 2. The van der Waals surface area contributed by atoms with E-state index in [2.05, 4.69) is 62.7 Å². The van der Waals surface area contributed by atoms with E-state index in [0.717, 1.165) is 64.1 Å². The molecular weight excluding hydrogens is 564 g/mol. The molecule has 0 saturated carbocycles. The molecule has 1 aromatic rings. The summed E-state index contributed by atoms with van der Waals surface area (Å²) >= 11 is 0. The number of hydrogen-bond acceptors (Lipinski definition) is 8. The molecule has 244 valence electrons. The number of carbonyl (C=O) groups excluding carboxylic acids is 1. The van der Waals surface area contributed by atoms with Crippen molar-refractivity contribution in [1.29, 1.82) is 0 Å². The van der Waals surface area contributed by atoms with Crippen molar-refractivity contribution in [3.05, 3.63) is 41.8 Å². The predicted molar refractivity (Wildman–Crippen MR) is 171 cm³/mol. The normalized spacial score (nSPS) is 27.9. The van der Waals surface area contributed by atoms with Crippen LogP contribution in [0.2, 0.25) is 0 Å². The van der Waals surface area contributed by atoms with Crippen molar-refractivity contribution in [3.63, 3.8) is 0 Å². The van der Waals surface area contributed by atoms with Crippen LogP contribution in [0.15, 0.2) is 30.5 Å². The molecule has 3 fully saturated rings. The first-order valence-electron chi connectivity index (χ1n) is 16.7. The average Bonchev–Trinajstić information content (AvgIpc) is 3.27. The first-order valence-corrected chi connectivity index (χ1v) is 16.7. The topological polar surface area (TPSA) is 67.4 Å². The minimum atomic E-state index is -2.62. The van der Waals surface area contributed by atoms with Gasteiger partial charge in [-0.2, -0.15) is 0 Å². The van der Waals surface area contributed by atoms with Crippen LogP contribution in [0.4, 0.5) is 20.3 Å². The van der Waals surface area contributed by atoms with Crippen LogP contribution in [0.1, 0.15) is 71.1 Å². The molecule has 4 atom stereocenters. The molecule has 9 nitrogen and oxygen atoms in total. The van der Waals surface area contributed by atoms with Crippen molar-refractivity contribution in [2.24, 2.45) is 0 Å². The van der Waals surface area contributed by atoms with Crippen molar-refractivity contribution in [2.45, 2.75) is 90.5 Å². The first-order chi connectivity index (χ1) is 21.3. The monoisotopic (exact) mass is 615 g/mol. The summed E-state index contributed by atoms with van der Waals surface area (Å²) < 4.78 is 35.2. The van der Waals surface area contributed by atoms with Crippen LogP contribution in [0.3, 0.4) is 0 Å². The number of aromatic nitrogens is 1. The third-order valence-corrected chi connectivity index (χ3v) is 9.60. The van der Waals surface area contributed by atoms with Crippen molar-refractivity contribution in [3.8, 4) is 0 Å². The van der Waals surface area contributed by atoms with Crippen molar-refractivity contribution >= 4 is 17.4 Å². The van der Waals surface area contributed by atoms with E-state index in [1.165, 1.54) is 11.8 Å². The van der Waals surface area contributed by atoms with Gasteiger partial charge in [-0.3, -0.25) is 9.69 Å². The van der Waals surface area contributed by atoms with Gasteiger partial charge in [-0.05, 0) is 58.1 Å². The number of nitrogens with one attached hydrogen (secondary N) is 1. The van der Waals surface area contributed by atoms with E-state index < -0.39 is 6.43 Å². The summed E-state index contributed by atoms with van der Waals surface area (Å²) in [6.07, 6.45) is 5.35. The van der Waals surface area contributed by atoms with Crippen LogP contribution in [0.5, 0.6) is 0 Å². The number of ether oxygens (including phenoxy) is 1. The lowest BCUT2D eigenvalue weighted by molar-refractivity contribution is -0.128. The molecular formula is C33H51F2N7O2. The number of pyridine rings is 1. The molecule has 2 unspecified atom stereocenters. The third-order valence-electron chi connectivity index (χ3n) is 9.60. The number of amides is 1. The number of carbonyl (C=O) groups is 1. The molecule has 0 aliphatic carbocycles. The lowest BCUT2D eigenvalue weighted by Crippen LogP contribution is -2.69. The van der Waals surface area contributed by atoms with Crippen LogP contribution >= 0.6 is 0 Å². The number of hydrazine groups is 1. The lowest BCUT2D eigenvalue weighted by Gasteiger charge is -2.55. The van der Waals surface area contributed by atoms with Gasteiger partial charge < -0.3 is 24.4 Å². The summed E-state index contributed by atoms with van der Waals surface area (Å²) in [5, 5.41) is 2.21. The standard InChI is InChI=1S/C31H45F2N7O2.C2H6/c1-4-29(41)38-13-11-36(12-14-38)27-20-39-25(27)9-5-8-24-26(39)18-28(34-30(24)31(32)33)37-10-6-7-23-17-21(2)35-40(23)19-22(3)42-16-15-37;1-2/h4,17-18,21-22,25,27,31,35H,1,5-16,19-20H2,2-3H3;1-2H3/t21?,22-,25?,27-;/m1./s1. The Morgan fingerprint density at radius 3 is 2.57 bits per heavy atom. The Bertz CT molecular complexity index is 1190. The Balaban J connectivity index is 0.00000188. The zero-order valence-electron chi connectivity index (χ0n) is 27.0. The van der Waals surface area contributed by atoms with E-state index in [-0.39, 0.29) is 29.8 Å². The lowest BCUT2D eigenvalue weighted by atomic mass is 9.90. The van der Waals surface area contributed by atoms with Crippen LogP contribution in [0, 0.1) is 0 Å². The number of hydrogen-bond donors (Lipinski definition) is 1. The number of alkyl halides is 2. The van der Waals surface area contributed by atoms with E-state index in [0.29, 0.717) is 50.1 Å². The molecule has 44 heavy (non-hydrogen) atoms. The molecule has 1 aromatic heterocycles. The summed E-state index contributed by atoms with van der Waals surface area (Å²) in [6, 6.07) is 3.02. The second kappa shape index (κ2) is 14.6. The van der Waals surface area contributed by atoms with Gasteiger partial charge in [0, 0.05) is 87.0 Å². The molecule has 3 saturated heterocycles. The zero-order valence-corrected chi connectivity index (χ0v) is 27.0. The van der Waals surface area contributed by atoms with Crippen LogP contribution < -0.4 is 15.2 Å². The molecule has 0 spiro atoms. The fraction of sp³-hybridized carbons (Fsp3) is 0.697. The Kier molecular flexibility index (Phi) is 10.8. The fourth-order valence-corrected chi connectivity index (χ4v) is 7.42. The number of fused-ring (bicyclic) bond motifs is 4. The number of piperazine rings is 1. The van der Waals surface area contributed by atoms with Gasteiger partial charge in [-0.25, -0.2) is 19.2 Å². The van der Waals surface area contributed by atoms with Crippen LogP contribution in [0.25, 0.3) is 0 Å². The van der Waals surface area contributed by atoms with Crippen LogP contribution in [-0.4, -0.2) is 109 Å². The summed E-state index contributed by atoms with van der Waals surface area (Å²) in [5.41, 5.74) is 6.35. The molecule has 0 bridgehead atoms. The highest BCUT2D eigenvalue weighted by atomic mass is 19.3. The molecule has 1 amide bonds. The maximum Gasteiger partial charge on any atom is 0.280 e. The highest BCUT2D eigenvalue weighted by Crippen LogP contribution is 2.43. The van der Waals surface area contributed by atoms with Gasteiger partial charge in [-0.1, -0.05) is 20.4 Å². The average molecular weight is 616 g/mol. The van der Waals surface area contributed by atoms with Gasteiger partial charge in [0.15, 0.2) is 0 Å². The van der Waals surface area contributed by atoms with Gasteiger partial charge >= 0.3 is 0 Å². The van der Waals surface area contributed by atoms with E-state index in [1.807, 2.05) is 18.7 Å². The molecule has 6 rings (SSSR count). The molecule has 11 heteroatoms. The van der Waals surface area contributed by atoms with E-state index in [1.54, 1.807) is 0 Å². The highest BCUT2D eigenvalue weighted by molar-refractivity contribution is 5.87. The van der Waals surface area contributed by atoms with Crippen molar-refractivity contribution in [1.82, 2.24) is 25.2 Å². The molecule has 1 N–H and O–H groups in total. The van der Waals surface area contributed by atoms with E-state index in [9.17, 15) is 13.6 Å². The number of rotatable bonds is 4. The van der Waals surface area contributed by atoms with Gasteiger partial charge in [0.2, 0.25) is 5.91 Å². The second-order valence-electron chi connectivity index (χ2n) is 12.4. The molecule has 5 aliphatic rings. The Hall–Kier alpha value is -2.76. The summed E-state index contributed by atoms with van der Waals surface area (Å²) in [6.45, 7) is 18.4. The van der Waals surface area contributed by atoms with Gasteiger partial charge in [0.05, 0.1) is 19.3 Å². The molecule has 0 radical (unpaired) electrons. The Morgan fingerprint density at radius 2 is 1.84 bits per heavy atom. The minimum absolute atomic E-state index is 0.0117. The minimum Gasteiger partial charge on any atom is -0.375 e. The van der Waals surface area contributed by atoms with Crippen molar-refractivity contribution < 1.29 is 18.3 Å². The second-order valence-corrected chi connectivity index (χ2v) is 12.4. The van der Waals surface area contributed by atoms with Gasteiger partial charge in [0.25, 0.3) is 6.43 Å². The zero-order chi connectivity index (χ0) is 31.4. The molecule has 5 aliphatic heterocycles. The van der Waals surface area contributed by atoms with Crippen molar-refractivity contribution in [2.75, 3.05) is 68.8 Å². The van der Waals surface area contributed by atoms with Crippen LogP contribution in [-0.2, 0) is 16.0 Å². The van der Waals surface area contributed by atoms with E-state index in [4.69, 9.17) is 4.74 Å². The molecule has 6 heterocycles. The quantitative estimate of drug-likeness (QED) is 0.502. The Labute approximate surface area is 261 Å². The largest absolute Gasteiger partial charge is 0.375 e. The SMILES string of the molecule is C=CC(=O)N1CCN([C@@H]2CN3c4cc(N5CCCC6=CC(C)NN6C[C@@H](C)OCC5)nc(C(F)F)c4CCCC23)CC1.CC. The summed E-state index contributed by atoms with van der Waals surface area (Å²) in [4.78, 5) is 25.5. The van der Waals surface area contributed by atoms with E-state index >= 15 is 0 Å². The summed E-state index contributed by atoms with van der Waals surface area (Å²) in [7, 11) is 0. The van der Waals surface area contributed by atoms with Gasteiger partial charge in [0.1, 0.15) is 11.5 Å². The molecule has 0 aromatic carbocycles.